The van der Waals surface area contributed by atoms with Crippen molar-refractivity contribution in [1.29, 1.82) is 0 Å². The summed E-state index contributed by atoms with van der Waals surface area (Å²) in [5.41, 5.74) is 0.497. The largest absolute Gasteiger partial charge is 0.488 e. The molecule has 92 valence electrons. The van der Waals surface area contributed by atoms with E-state index in [1.54, 1.807) is 6.07 Å². The molecule has 1 aliphatic rings. The minimum atomic E-state index is -0.322. The second kappa shape index (κ2) is 4.61. The van der Waals surface area contributed by atoms with Gasteiger partial charge in [-0.3, -0.25) is 0 Å². The summed E-state index contributed by atoms with van der Waals surface area (Å²) in [6, 6.07) is 11.5. The van der Waals surface area contributed by atoms with Gasteiger partial charge in [0.05, 0.1) is 0 Å². The third-order valence-corrected chi connectivity index (χ3v) is 3.68. The van der Waals surface area contributed by atoms with Crippen molar-refractivity contribution < 1.29 is 14.3 Å². The Balaban J connectivity index is 2.17. The van der Waals surface area contributed by atoms with Gasteiger partial charge in [-0.2, -0.15) is 0 Å². The maximum Gasteiger partial charge on any atom is 0.342 e. The zero-order valence-electron chi connectivity index (χ0n) is 9.56. The van der Waals surface area contributed by atoms with E-state index in [4.69, 9.17) is 9.47 Å². The van der Waals surface area contributed by atoms with E-state index >= 15 is 0 Å². The molecular formula is C14H11BrO3. The van der Waals surface area contributed by atoms with E-state index in [2.05, 4.69) is 15.9 Å². The number of hydrogen-bond donors (Lipinski definition) is 0. The Kier molecular flexibility index (Phi) is 2.96. The lowest BCUT2D eigenvalue weighted by atomic mass is 10.1. The Morgan fingerprint density at radius 2 is 2.06 bits per heavy atom. The van der Waals surface area contributed by atoms with Crippen molar-refractivity contribution >= 4 is 32.7 Å². The molecule has 0 aromatic heterocycles. The van der Waals surface area contributed by atoms with Crippen LogP contribution in [0.5, 0.6) is 5.75 Å². The minimum absolute atomic E-state index is 0.247. The number of carbonyl (C=O) groups is 1. The predicted octanol–water partition coefficient (Wildman–Crippen LogP) is 3.15. The van der Waals surface area contributed by atoms with E-state index in [1.807, 2.05) is 30.3 Å². The highest BCUT2D eigenvalue weighted by molar-refractivity contribution is 9.09. The molecule has 0 spiro atoms. The minimum Gasteiger partial charge on any atom is -0.488 e. The normalized spacial score (nSPS) is 18.7. The molecule has 1 aliphatic heterocycles. The number of fused-ring (bicyclic) bond motifs is 3. The van der Waals surface area contributed by atoms with Crippen LogP contribution in [0.1, 0.15) is 10.4 Å². The summed E-state index contributed by atoms with van der Waals surface area (Å²) in [5.74, 6) is 0.305. The molecular weight excluding hydrogens is 296 g/mol. The van der Waals surface area contributed by atoms with Crippen LogP contribution in [0.2, 0.25) is 0 Å². The molecule has 0 saturated carbocycles. The first kappa shape index (κ1) is 11.5. The molecule has 0 saturated heterocycles. The van der Waals surface area contributed by atoms with Crippen molar-refractivity contribution in [2.45, 2.75) is 6.10 Å². The summed E-state index contributed by atoms with van der Waals surface area (Å²) in [6.45, 7) is 0.373. The van der Waals surface area contributed by atoms with E-state index in [-0.39, 0.29) is 12.1 Å². The van der Waals surface area contributed by atoms with Crippen molar-refractivity contribution in [3.63, 3.8) is 0 Å². The van der Waals surface area contributed by atoms with E-state index in [9.17, 15) is 4.79 Å². The third-order valence-electron chi connectivity index (χ3n) is 2.96. The van der Waals surface area contributed by atoms with E-state index in [1.165, 1.54) is 0 Å². The number of hydrogen-bond acceptors (Lipinski definition) is 3. The van der Waals surface area contributed by atoms with Crippen molar-refractivity contribution in [1.82, 2.24) is 0 Å². The fourth-order valence-corrected chi connectivity index (χ4v) is 2.38. The second-order valence-corrected chi connectivity index (χ2v) is 4.80. The van der Waals surface area contributed by atoms with Gasteiger partial charge in [-0.05, 0) is 11.5 Å². The Morgan fingerprint density at radius 1 is 1.22 bits per heavy atom. The molecule has 0 N–H and O–H groups in total. The number of benzene rings is 2. The number of cyclic esters (lactones) is 1. The number of rotatable bonds is 1. The molecule has 3 nitrogen and oxygen atoms in total. The Morgan fingerprint density at radius 3 is 2.89 bits per heavy atom. The van der Waals surface area contributed by atoms with Crippen LogP contribution in [0.15, 0.2) is 36.4 Å². The quantitative estimate of drug-likeness (QED) is 0.600. The predicted molar refractivity (Wildman–Crippen MR) is 72.4 cm³/mol. The molecule has 0 unspecified atom stereocenters. The van der Waals surface area contributed by atoms with Crippen molar-refractivity contribution in [2.24, 2.45) is 0 Å². The molecule has 0 bridgehead atoms. The lowest BCUT2D eigenvalue weighted by Crippen LogP contribution is -2.23. The fourth-order valence-electron chi connectivity index (χ4n) is 2.06. The van der Waals surface area contributed by atoms with Crippen LogP contribution in [0.4, 0.5) is 0 Å². The van der Waals surface area contributed by atoms with Crippen LogP contribution in [-0.4, -0.2) is 24.0 Å². The van der Waals surface area contributed by atoms with E-state index in [0.29, 0.717) is 23.2 Å². The highest BCUT2D eigenvalue weighted by Gasteiger charge is 2.25. The van der Waals surface area contributed by atoms with Crippen LogP contribution in [0.3, 0.4) is 0 Å². The molecule has 0 radical (unpaired) electrons. The first-order valence-electron chi connectivity index (χ1n) is 5.71. The highest BCUT2D eigenvalue weighted by atomic mass is 79.9. The summed E-state index contributed by atoms with van der Waals surface area (Å²) in [6.07, 6.45) is -0.247. The first-order valence-corrected chi connectivity index (χ1v) is 6.83. The number of halogens is 1. The summed E-state index contributed by atoms with van der Waals surface area (Å²) in [7, 11) is 0. The van der Waals surface area contributed by atoms with Crippen LogP contribution in [0, 0.1) is 0 Å². The number of ether oxygens (including phenoxy) is 2. The van der Waals surface area contributed by atoms with Crippen LogP contribution < -0.4 is 4.74 Å². The Labute approximate surface area is 113 Å². The third kappa shape index (κ3) is 1.86. The van der Waals surface area contributed by atoms with E-state index in [0.717, 1.165) is 10.8 Å². The van der Waals surface area contributed by atoms with E-state index < -0.39 is 0 Å². The molecule has 1 atom stereocenters. The Bertz CT molecular complexity index is 609. The fraction of sp³-hybridized carbons (Fsp3) is 0.214. The SMILES string of the molecule is O=C1O[C@H](CBr)COc2c1ccc1ccccc21. The molecule has 3 rings (SSSR count). The van der Waals surface area contributed by atoms with Crippen molar-refractivity contribution in [3.05, 3.63) is 42.0 Å². The summed E-state index contributed by atoms with van der Waals surface area (Å²) in [5, 5.41) is 2.58. The molecule has 18 heavy (non-hydrogen) atoms. The molecule has 2 aromatic rings. The van der Waals surface area contributed by atoms with Crippen LogP contribution in [0.25, 0.3) is 10.8 Å². The van der Waals surface area contributed by atoms with Gasteiger partial charge in [0.15, 0.2) is 0 Å². The van der Waals surface area contributed by atoms with Gasteiger partial charge in [0.2, 0.25) is 0 Å². The van der Waals surface area contributed by atoms with Gasteiger partial charge in [-0.1, -0.05) is 46.3 Å². The van der Waals surface area contributed by atoms with Gasteiger partial charge < -0.3 is 9.47 Å². The van der Waals surface area contributed by atoms with Gasteiger partial charge in [0.1, 0.15) is 24.0 Å². The van der Waals surface area contributed by atoms with Crippen LogP contribution >= 0.6 is 15.9 Å². The number of alkyl halides is 1. The maximum atomic E-state index is 12.0. The second-order valence-electron chi connectivity index (χ2n) is 4.16. The topological polar surface area (TPSA) is 35.5 Å². The lowest BCUT2D eigenvalue weighted by Gasteiger charge is -2.10. The van der Waals surface area contributed by atoms with Gasteiger partial charge in [0.25, 0.3) is 0 Å². The highest BCUT2D eigenvalue weighted by Crippen LogP contribution is 2.32. The molecule has 0 aliphatic carbocycles. The van der Waals surface area contributed by atoms with Crippen molar-refractivity contribution in [3.8, 4) is 5.75 Å². The zero-order valence-corrected chi connectivity index (χ0v) is 11.1. The van der Waals surface area contributed by atoms with Gasteiger partial charge in [0, 0.05) is 10.7 Å². The summed E-state index contributed by atoms with van der Waals surface area (Å²) >= 11 is 3.31. The Hall–Kier alpha value is -1.55. The lowest BCUT2D eigenvalue weighted by molar-refractivity contribution is 0.0303. The molecule has 0 fully saturated rings. The molecule has 0 amide bonds. The monoisotopic (exact) mass is 306 g/mol. The zero-order chi connectivity index (χ0) is 12.5. The van der Waals surface area contributed by atoms with Crippen LogP contribution in [-0.2, 0) is 4.74 Å². The molecule has 4 heteroatoms. The van der Waals surface area contributed by atoms with Gasteiger partial charge >= 0.3 is 5.97 Å². The standard InChI is InChI=1S/C14H11BrO3/c15-7-10-8-17-13-11-4-2-1-3-9(11)5-6-12(13)14(16)18-10/h1-6,10H,7-8H2/t10-/m1/s1. The molecule has 1 heterocycles. The smallest absolute Gasteiger partial charge is 0.342 e. The summed E-state index contributed by atoms with van der Waals surface area (Å²) < 4.78 is 11.1. The van der Waals surface area contributed by atoms with Gasteiger partial charge in [-0.15, -0.1) is 0 Å². The van der Waals surface area contributed by atoms with Gasteiger partial charge in [-0.25, -0.2) is 4.79 Å². The average Bonchev–Trinajstić information content (AvgIpc) is 2.58. The number of carbonyl (C=O) groups excluding carboxylic acids is 1. The molecule has 2 aromatic carbocycles. The van der Waals surface area contributed by atoms with Crippen molar-refractivity contribution in [2.75, 3.05) is 11.9 Å². The maximum absolute atomic E-state index is 12.0. The first-order chi connectivity index (χ1) is 8.79. The average molecular weight is 307 g/mol. The summed E-state index contributed by atoms with van der Waals surface area (Å²) in [4.78, 5) is 12.0. The number of esters is 1.